The van der Waals surface area contributed by atoms with Crippen LogP contribution in [0.1, 0.15) is 0 Å². The first-order chi connectivity index (χ1) is 4.00. The molecule has 5 nitrogen and oxygen atoms in total. The first kappa shape index (κ1) is 17.3. The molecule has 54 valence electrons. The molecule has 0 aromatic heterocycles. The first-order valence-electron chi connectivity index (χ1n) is 1.80. The van der Waals surface area contributed by atoms with Gasteiger partial charge in [0.1, 0.15) is 0 Å². The van der Waals surface area contributed by atoms with E-state index in [0.29, 0.717) is 0 Å². The van der Waals surface area contributed by atoms with Crippen LogP contribution in [0, 0.1) is 0 Å². The number of carbonyl (C=O) groups is 1. The summed E-state index contributed by atoms with van der Waals surface area (Å²) in [4.78, 5) is 9.25. The Kier molecular flexibility index (Phi) is 22.1. The van der Waals surface area contributed by atoms with Crippen LogP contribution in [0.2, 0.25) is 0 Å². The van der Waals surface area contributed by atoms with Gasteiger partial charge in [-0.3, -0.25) is 0 Å². The number of carbonyl (C=O) groups excluding carboxylic acids is 1. The van der Waals surface area contributed by atoms with E-state index < -0.39 is 13.3 Å². The normalized spacial score (nSPS) is 6.40. The summed E-state index contributed by atoms with van der Waals surface area (Å²) in [6, 6.07) is 0. The molecule has 10 heavy (non-hydrogen) atoms. The number of halogens is 1. The molecule has 0 radical (unpaired) electrons. The van der Waals surface area contributed by atoms with Crippen molar-refractivity contribution in [3.8, 4) is 0 Å². The van der Waals surface area contributed by atoms with E-state index in [1.54, 1.807) is 22.6 Å². The maximum atomic E-state index is 9.25. The van der Waals surface area contributed by atoms with Crippen molar-refractivity contribution < 1.29 is 54.5 Å². The van der Waals surface area contributed by atoms with Crippen molar-refractivity contribution in [2.45, 2.75) is 0 Å². The zero-order chi connectivity index (χ0) is 7.86. The van der Waals surface area contributed by atoms with Gasteiger partial charge in [0, 0.05) is 4.43 Å². The molecule has 0 saturated heterocycles. The summed E-state index contributed by atoms with van der Waals surface area (Å²) in [5.74, 6) is -1.01. The van der Waals surface area contributed by atoms with Gasteiger partial charge in [-0.15, -0.1) is 0 Å². The third-order valence-corrected chi connectivity index (χ3v) is 0.732. The maximum Gasteiger partial charge on any atom is 1.00 e. The number of hydrogen-bond donors (Lipinski definition) is 3. The number of hydrogen-bond acceptors (Lipinski definition) is 5. The van der Waals surface area contributed by atoms with Gasteiger partial charge >= 0.3 is 36.9 Å². The summed E-state index contributed by atoms with van der Waals surface area (Å²) in [7, 11) is -2.17. The van der Waals surface area contributed by atoms with E-state index in [-0.39, 0.29) is 34.0 Å². The minimum absolute atomic E-state index is 0. The Morgan fingerprint density at radius 2 is 1.60 bits per heavy atom. The van der Waals surface area contributed by atoms with Crippen LogP contribution in [0.25, 0.3) is 0 Å². The molecule has 0 unspecified atom stereocenters. The first-order valence-corrected chi connectivity index (χ1v) is 3.33. The standard InChI is InChI=1S/C2H3IO2.BH3O3.Na/c3-1-2(4)5;2-1(3)4;/h1H2,(H,4,5);2-4H;/q;;+1/p-1. The largest absolute Gasteiger partial charge is 1.00 e. The predicted octanol–water partition coefficient (Wildman–Crippen LogP) is -5.88. The minimum Gasteiger partial charge on any atom is -0.549 e. The smallest absolute Gasteiger partial charge is 0.549 e. The van der Waals surface area contributed by atoms with E-state index in [1.165, 1.54) is 0 Å². The molecule has 0 aromatic carbocycles. The molecular weight excluding hydrogens is 265 g/mol. The number of rotatable bonds is 1. The van der Waals surface area contributed by atoms with Crippen LogP contribution in [0.4, 0.5) is 0 Å². The molecular formula is C2H5BINaO5. The summed E-state index contributed by atoms with van der Waals surface area (Å²) < 4.78 is 0.0811. The van der Waals surface area contributed by atoms with Gasteiger partial charge in [-0.25, -0.2) is 0 Å². The van der Waals surface area contributed by atoms with Gasteiger partial charge in [0.2, 0.25) is 0 Å². The van der Waals surface area contributed by atoms with E-state index in [9.17, 15) is 9.90 Å². The Balaban J connectivity index is -0.0000000910. The molecule has 0 rings (SSSR count). The summed E-state index contributed by atoms with van der Waals surface area (Å²) in [6.45, 7) is 0. The Labute approximate surface area is 94.1 Å². The van der Waals surface area contributed by atoms with Crippen molar-refractivity contribution >= 4 is 35.9 Å². The number of alkyl halides is 1. The van der Waals surface area contributed by atoms with Crippen molar-refractivity contribution in [3.63, 3.8) is 0 Å². The van der Waals surface area contributed by atoms with Crippen LogP contribution < -0.4 is 34.7 Å². The molecule has 0 saturated carbocycles. The van der Waals surface area contributed by atoms with Crippen LogP contribution in [-0.4, -0.2) is 32.8 Å². The molecule has 0 atom stereocenters. The van der Waals surface area contributed by atoms with Crippen molar-refractivity contribution in [3.05, 3.63) is 0 Å². The number of carboxylic acids is 1. The number of aliphatic carboxylic acids is 1. The van der Waals surface area contributed by atoms with Crippen molar-refractivity contribution in [1.82, 2.24) is 0 Å². The maximum absolute atomic E-state index is 9.25. The second-order valence-corrected chi connectivity index (χ2v) is 1.61. The van der Waals surface area contributed by atoms with E-state index in [4.69, 9.17) is 15.1 Å². The Bertz CT molecular complexity index is 77.3. The third-order valence-electron chi connectivity index (χ3n) is 0.109. The Morgan fingerprint density at radius 1 is 1.50 bits per heavy atom. The Morgan fingerprint density at radius 3 is 1.60 bits per heavy atom. The average molecular weight is 270 g/mol. The van der Waals surface area contributed by atoms with Crippen LogP contribution in [0.3, 0.4) is 0 Å². The van der Waals surface area contributed by atoms with Gasteiger partial charge < -0.3 is 25.0 Å². The molecule has 0 aromatic rings. The summed E-state index contributed by atoms with van der Waals surface area (Å²) in [5, 5.41) is 30.7. The SMILES string of the molecule is O=C([O-])CI.OB(O)O.[Na+]. The molecule has 0 heterocycles. The molecule has 3 N–H and O–H groups in total. The topological polar surface area (TPSA) is 101 Å². The van der Waals surface area contributed by atoms with Crippen LogP contribution in [0.15, 0.2) is 0 Å². The summed E-state index contributed by atoms with van der Waals surface area (Å²) in [5.41, 5.74) is 0. The molecule has 0 bridgehead atoms. The van der Waals surface area contributed by atoms with Crippen molar-refractivity contribution in [2.75, 3.05) is 4.43 Å². The average Bonchev–Trinajstić information content (AvgIpc) is 1.65. The van der Waals surface area contributed by atoms with Crippen LogP contribution in [-0.2, 0) is 4.79 Å². The molecule has 0 fully saturated rings. The molecule has 0 aliphatic rings. The monoisotopic (exact) mass is 270 g/mol. The van der Waals surface area contributed by atoms with E-state index in [0.717, 1.165) is 0 Å². The fourth-order valence-corrected chi connectivity index (χ4v) is 0. The van der Waals surface area contributed by atoms with Gasteiger partial charge in [0.05, 0.1) is 5.97 Å². The van der Waals surface area contributed by atoms with Crippen LogP contribution >= 0.6 is 22.6 Å². The van der Waals surface area contributed by atoms with Crippen LogP contribution in [0.5, 0.6) is 0 Å². The van der Waals surface area contributed by atoms with Gasteiger partial charge in [0.15, 0.2) is 0 Å². The van der Waals surface area contributed by atoms with Gasteiger partial charge in [-0.2, -0.15) is 0 Å². The fraction of sp³-hybridized carbons (Fsp3) is 0.500. The van der Waals surface area contributed by atoms with Crippen molar-refractivity contribution in [1.29, 1.82) is 0 Å². The van der Waals surface area contributed by atoms with E-state index >= 15 is 0 Å². The quantitative estimate of drug-likeness (QED) is 0.250. The van der Waals surface area contributed by atoms with Gasteiger partial charge in [0.25, 0.3) is 0 Å². The van der Waals surface area contributed by atoms with E-state index in [2.05, 4.69) is 0 Å². The molecule has 0 aliphatic carbocycles. The molecule has 8 heteroatoms. The molecule has 0 amide bonds. The zero-order valence-electron chi connectivity index (χ0n) is 5.32. The van der Waals surface area contributed by atoms with E-state index in [1.807, 2.05) is 0 Å². The molecule has 0 spiro atoms. The van der Waals surface area contributed by atoms with Gasteiger partial charge in [-0.1, -0.05) is 22.6 Å². The zero-order valence-corrected chi connectivity index (χ0v) is 9.48. The summed E-state index contributed by atoms with van der Waals surface area (Å²) in [6.07, 6.45) is 0. The predicted molar refractivity (Wildman–Crippen MR) is 36.3 cm³/mol. The second kappa shape index (κ2) is 12.8. The fourth-order valence-electron chi connectivity index (χ4n) is 0. The third kappa shape index (κ3) is 61.3. The summed E-state index contributed by atoms with van der Waals surface area (Å²) >= 11 is 1.72. The number of carboxylic acid groups (broad SMARTS) is 1. The minimum atomic E-state index is -2.17. The molecule has 0 aliphatic heterocycles. The van der Waals surface area contributed by atoms with Gasteiger partial charge in [-0.05, 0) is 0 Å². The Hall–Kier alpha value is 1.14. The van der Waals surface area contributed by atoms with Crippen molar-refractivity contribution in [2.24, 2.45) is 0 Å². The second-order valence-electron chi connectivity index (χ2n) is 0.852.